The van der Waals surface area contributed by atoms with Crippen LogP contribution in [-0.2, 0) is 16.0 Å². The van der Waals surface area contributed by atoms with Crippen molar-refractivity contribution in [3.05, 3.63) is 54.2 Å². The number of nitrogens with zero attached hydrogens (tertiary/aromatic N) is 2. The lowest BCUT2D eigenvalue weighted by atomic mass is 10.0. The van der Waals surface area contributed by atoms with Gasteiger partial charge in [0.2, 0.25) is 5.91 Å². The standard InChI is InChI=1S/C24H31N5O4.ClH/c1-15(2)20(28-22(30)16(3)25-4)23(31)29-18(13-17-9-8-12-26-21(17)29)14-27-24(32)33-19-10-6-5-7-11-19;/h5-12,15-16,18,20,25H,13-14H2,1-4H3,(H,27,32)(H,28,30);1H/t16-,18-,20-;/m0./s1. The molecule has 1 aliphatic rings. The Balaban J connectivity index is 0.00000408. The number of rotatable bonds is 8. The molecule has 1 aromatic carbocycles. The molecule has 2 heterocycles. The van der Waals surface area contributed by atoms with Crippen molar-refractivity contribution >= 4 is 36.1 Å². The first-order valence-electron chi connectivity index (χ1n) is 11.1. The number of likely N-dealkylation sites (N-methyl/N-ethyl adjacent to an activating group) is 1. The second kappa shape index (κ2) is 12.3. The summed E-state index contributed by atoms with van der Waals surface area (Å²) in [6.07, 6.45) is 1.56. The normalized spacial score (nSPS) is 16.1. The van der Waals surface area contributed by atoms with E-state index in [0.29, 0.717) is 18.0 Å². The van der Waals surface area contributed by atoms with Crippen LogP contribution in [0.15, 0.2) is 48.7 Å². The molecule has 0 spiro atoms. The second-order valence-corrected chi connectivity index (χ2v) is 8.38. The van der Waals surface area contributed by atoms with E-state index in [9.17, 15) is 14.4 Å². The van der Waals surface area contributed by atoms with Gasteiger partial charge in [0.25, 0.3) is 5.91 Å². The number of hydrogen-bond donors (Lipinski definition) is 3. The number of pyridine rings is 1. The number of para-hydroxylation sites is 1. The topological polar surface area (TPSA) is 113 Å². The first-order valence-corrected chi connectivity index (χ1v) is 11.1. The summed E-state index contributed by atoms with van der Waals surface area (Å²) in [7, 11) is 1.69. The third kappa shape index (κ3) is 6.45. The molecule has 9 nitrogen and oxygen atoms in total. The van der Waals surface area contributed by atoms with Gasteiger partial charge in [0.1, 0.15) is 17.6 Å². The Kier molecular flexibility index (Phi) is 9.83. The molecule has 10 heteroatoms. The molecule has 3 N–H and O–H groups in total. The van der Waals surface area contributed by atoms with Crippen molar-refractivity contribution in [2.75, 3.05) is 18.5 Å². The quantitative estimate of drug-likeness (QED) is 0.524. The maximum atomic E-state index is 13.6. The Labute approximate surface area is 206 Å². The van der Waals surface area contributed by atoms with Gasteiger partial charge in [-0.15, -0.1) is 12.4 Å². The summed E-state index contributed by atoms with van der Waals surface area (Å²) >= 11 is 0. The summed E-state index contributed by atoms with van der Waals surface area (Å²) in [4.78, 5) is 44.4. The van der Waals surface area contributed by atoms with Gasteiger partial charge < -0.3 is 20.7 Å². The van der Waals surface area contributed by atoms with Gasteiger partial charge in [-0.3, -0.25) is 14.5 Å². The fourth-order valence-corrected chi connectivity index (χ4v) is 3.68. The molecule has 184 valence electrons. The minimum atomic E-state index is -0.736. The largest absolute Gasteiger partial charge is 0.412 e. The Hall–Kier alpha value is -3.17. The van der Waals surface area contributed by atoms with Gasteiger partial charge >= 0.3 is 6.09 Å². The van der Waals surface area contributed by atoms with Gasteiger partial charge in [0, 0.05) is 12.7 Å². The van der Waals surface area contributed by atoms with Crippen LogP contribution in [0, 0.1) is 5.92 Å². The lowest BCUT2D eigenvalue weighted by Crippen LogP contribution is -2.57. The van der Waals surface area contributed by atoms with Crippen LogP contribution >= 0.6 is 12.4 Å². The molecule has 1 aliphatic heterocycles. The average molecular weight is 490 g/mol. The first-order chi connectivity index (χ1) is 15.8. The Bertz CT molecular complexity index is 988. The molecule has 0 aliphatic carbocycles. The molecule has 3 amide bonds. The summed E-state index contributed by atoms with van der Waals surface area (Å²) in [5.41, 5.74) is 0.909. The van der Waals surface area contributed by atoms with Gasteiger partial charge in [-0.25, -0.2) is 9.78 Å². The molecule has 0 fully saturated rings. The summed E-state index contributed by atoms with van der Waals surface area (Å²) < 4.78 is 5.29. The van der Waals surface area contributed by atoms with Crippen LogP contribution in [0.3, 0.4) is 0 Å². The van der Waals surface area contributed by atoms with E-state index in [0.717, 1.165) is 5.56 Å². The molecule has 0 unspecified atom stereocenters. The number of fused-ring (bicyclic) bond motifs is 1. The monoisotopic (exact) mass is 489 g/mol. The third-order valence-electron chi connectivity index (χ3n) is 5.65. The van der Waals surface area contributed by atoms with Crippen molar-refractivity contribution in [1.29, 1.82) is 0 Å². The molecule has 0 saturated carbocycles. The highest BCUT2D eigenvalue weighted by atomic mass is 35.5. The number of halogens is 1. The van der Waals surface area contributed by atoms with Crippen molar-refractivity contribution in [1.82, 2.24) is 20.9 Å². The number of carbonyl (C=O) groups excluding carboxylic acids is 3. The maximum absolute atomic E-state index is 13.6. The number of amides is 3. The summed E-state index contributed by atoms with van der Waals surface area (Å²) in [5.74, 6) is 0.316. The number of carbonyl (C=O) groups is 3. The SMILES string of the molecule is CN[C@@H](C)C(=O)N[C@H](C(=O)N1c2ncccc2C[C@H]1CNC(=O)Oc1ccccc1)C(C)C.Cl. The number of aromatic nitrogens is 1. The van der Waals surface area contributed by atoms with Crippen molar-refractivity contribution in [2.45, 2.75) is 45.3 Å². The molecule has 0 bridgehead atoms. The summed E-state index contributed by atoms with van der Waals surface area (Å²) in [5, 5.41) is 8.49. The van der Waals surface area contributed by atoms with Crippen LogP contribution < -0.4 is 25.6 Å². The highest BCUT2D eigenvalue weighted by molar-refractivity contribution is 6.01. The zero-order valence-corrected chi connectivity index (χ0v) is 20.6. The molecule has 2 aromatic rings. The highest BCUT2D eigenvalue weighted by Gasteiger charge is 2.40. The van der Waals surface area contributed by atoms with Crippen LogP contribution in [0.5, 0.6) is 5.75 Å². The van der Waals surface area contributed by atoms with E-state index in [-0.39, 0.29) is 42.7 Å². The van der Waals surface area contributed by atoms with Crippen LogP contribution in [-0.4, -0.2) is 54.6 Å². The molecular weight excluding hydrogens is 458 g/mol. The number of anilines is 1. The minimum Gasteiger partial charge on any atom is -0.410 e. The fraction of sp³-hybridized carbons (Fsp3) is 0.417. The van der Waals surface area contributed by atoms with E-state index >= 15 is 0 Å². The lowest BCUT2D eigenvalue weighted by molar-refractivity contribution is -0.129. The van der Waals surface area contributed by atoms with Crippen molar-refractivity contribution < 1.29 is 19.1 Å². The van der Waals surface area contributed by atoms with E-state index in [1.54, 1.807) is 49.3 Å². The van der Waals surface area contributed by atoms with Gasteiger partial charge in [0.15, 0.2) is 0 Å². The van der Waals surface area contributed by atoms with E-state index in [2.05, 4.69) is 20.9 Å². The molecule has 0 radical (unpaired) electrons. The number of nitrogens with one attached hydrogen (secondary N) is 3. The van der Waals surface area contributed by atoms with E-state index < -0.39 is 18.2 Å². The van der Waals surface area contributed by atoms with Gasteiger partial charge in [-0.2, -0.15) is 0 Å². The van der Waals surface area contributed by atoms with Crippen LogP contribution in [0.4, 0.5) is 10.6 Å². The van der Waals surface area contributed by atoms with E-state index in [4.69, 9.17) is 4.74 Å². The van der Waals surface area contributed by atoms with Crippen molar-refractivity contribution in [3.63, 3.8) is 0 Å². The van der Waals surface area contributed by atoms with Gasteiger partial charge in [0.05, 0.1) is 12.1 Å². The predicted molar refractivity (Wildman–Crippen MR) is 132 cm³/mol. The zero-order valence-electron chi connectivity index (χ0n) is 19.8. The number of ether oxygens (including phenoxy) is 1. The maximum Gasteiger partial charge on any atom is 0.412 e. The fourth-order valence-electron chi connectivity index (χ4n) is 3.68. The zero-order chi connectivity index (χ0) is 24.0. The minimum absolute atomic E-state index is 0. The Morgan fingerprint density at radius 1 is 1.12 bits per heavy atom. The molecule has 34 heavy (non-hydrogen) atoms. The lowest BCUT2D eigenvalue weighted by Gasteiger charge is -2.31. The third-order valence-corrected chi connectivity index (χ3v) is 5.65. The average Bonchev–Trinajstić information content (AvgIpc) is 3.19. The first kappa shape index (κ1) is 27.1. The highest BCUT2D eigenvalue weighted by Crippen LogP contribution is 2.31. The van der Waals surface area contributed by atoms with E-state index in [1.807, 2.05) is 32.0 Å². The molecular formula is C24H32ClN5O4. The van der Waals surface area contributed by atoms with Crippen LogP contribution in [0.25, 0.3) is 0 Å². The summed E-state index contributed by atoms with van der Waals surface area (Å²) in [6, 6.07) is 11.0. The van der Waals surface area contributed by atoms with Gasteiger partial charge in [-0.1, -0.05) is 38.1 Å². The van der Waals surface area contributed by atoms with Gasteiger partial charge in [-0.05, 0) is 50.1 Å². The Morgan fingerprint density at radius 2 is 1.82 bits per heavy atom. The van der Waals surface area contributed by atoms with Crippen LogP contribution in [0.1, 0.15) is 26.3 Å². The molecule has 3 atom stereocenters. The smallest absolute Gasteiger partial charge is 0.410 e. The Morgan fingerprint density at radius 3 is 2.47 bits per heavy atom. The predicted octanol–water partition coefficient (Wildman–Crippen LogP) is 2.30. The number of hydrogen-bond acceptors (Lipinski definition) is 6. The number of benzene rings is 1. The van der Waals surface area contributed by atoms with E-state index in [1.165, 1.54) is 0 Å². The van der Waals surface area contributed by atoms with Crippen molar-refractivity contribution in [3.8, 4) is 5.75 Å². The molecule has 1 aromatic heterocycles. The molecule has 3 rings (SSSR count). The van der Waals surface area contributed by atoms with Crippen LogP contribution in [0.2, 0.25) is 0 Å². The second-order valence-electron chi connectivity index (χ2n) is 8.38. The summed E-state index contributed by atoms with van der Waals surface area (Å²) in [6.45, 7) is 5.67. The van der Waals surface area contributed by atoms with Crippen molar-refractivity contribution in [2.24, 2.45) is 5.92 Å². The molecule has 0 saturated heterocycles.